The zero-order valence-electron chi connectivity index (χ0n) is 12.6. The molecule has 1 amide bonds. The Labute approximate surface area is 137 Å². The predicted octanol–water partition coefficient (Wildman–Crippen LogP) is 3.96. The smallest absolute Gasteiger partial charge is 0.255 e. The number of hydrogen-bond acceptors (Lipinski definition) is 2. The number of nitrogens with two attached hydrogens (primary N) is 1. The van der Waals surface area contributed by atoms with E-state index in [4.69, 9.17) is 5.73 Å². The van der Waals surface area contributed by atoms with Gasteiger partial charge in [-0.2, -0.15) is 0 Å². The van der Waals surface area contributed by atoms with Crippen LogP contribution in [0.2, 0.25) is 0 Å². The maximum atomic E-state index is 12.2. The van der Waals surface area contributed by atoms with Crippen LogP contribution in [0.25, 0.3) is 0 Å². The van der Waals surface area contributed by atoms with Gasteiger partial charge in [-0.15, -0.1) is 12.4 Å². The minimum absolute atomic E-state index is 0. The molecule has 0 saturated heterocycles. The van der Waals surface area contributed by atoms with Crippen molar-refractivity contribution < 1.29 is 4.79 Å². The molecule has 0 spiro atoms. The van der Waals surface area contributed by atoms with Gasteiger partial charge in [0.1, 0.15) is 0 Å². The molecule has 2 aromatic rings. The average Bonchev–Trinajstić information content (AvgIpc) is 3.21. The standard InChI is InChI=1S/C18H20N2O.ClH/c1-2-18(19)12-16(18)14-9-6-10-15(11-14)20-17(21)13-7-4-3-5-8-13;/h3-11,16H,2,12,19H2,1H3,(H,20,21);1H. The summed E-state index contributed by atoms with van der Waals surface area (Å²) in [5.41, 5.74) is 8.93. The molecule has 22 heavy (non-hydrogen) atoms. The Morgan fingerprint density at radius 1 is 1.23 bits per heavy atom. The largest absolute Gasteiger partial charge is 0.325 e. The SMILES string of the molecule is CCC1(N)CC1c1cccc(NC(=O)c2ccccc2)c1.Cl. The Balaban J connectivity index is 0.00000176. The molecule has 2 atom stereocenters. The number of halogens is 1. The second kappa shape index (κ2) is 6.51. The van der Waals surface area contributed by atoms with Crippen molar-refractivity contribution in [3.63, 3.8) is 0 Å². The molecule has 3 N–H and O–H groups in total. The predicted molar refractivity (Wildman–Crippen MR) is 92.7 cm³/mol. The van der Waals surface area contributed by atoms with E-state index in [0.717, 1.165) is 18.5 Å². The zero-order chi connectivity index (χ0) is 14.9. The van der Waals surface area contributed by atoms with Crippen LogP contribution in [0, 0.1) is 0 Å². The summed E-state index contributed by atoms with van der Waals surface area (Å²) >= 11 is 0. The van der Waals surface area contributed by atoms with Gasteiger partial charge in [-0.1, -0.05) is 37.3 Å². The fourth-order valence-corrected chi connectivity index (χ4v) is 2.79. The van der Waals surface area contributed by atoms with Crippen LogP contribution >= 0.6 is 12.4 Å². The third-order valence-corrected chi connectivity index (χ3v) is 4.36. The molecule has 1 fully saturated rings. The van der Waals surface area contributed by atoms with Crippen LogP contribution in [-0.2, 0) is 0 Å². The molecular weight excluding hydrogens is 296 g/mol. The molecule has 3 rings (SSSR count). The highest BCUT2D eigenvalue weighted by Gasteiger charge is 2.49. The number of carbonyl (C=O) groups excluding carboxylic acids is 1. The normalized spacial score (nSPS) is 22.5. The fraction of sp³-hybridized carbons (Fsp3) is 0.278. The minimum Gasteiger partial charge on any atom is -0.325 e. The van der Waals surface area contributed by atoms with E-state index in [1.165, 1.54) is 5.56 Å². The van der Waals surface area contributed by atoms with E-state index in [-0.39, 0.29) is 23.9 Å². The van der Waals surface area contributed by atoms with E-state index in [2.05, 4.69) is 18.3 Å². The van der Waals surface area contributed by atoms with Crippen molar-refractivity contribution in [3.05, 3.63) is 65.7 Å². The molecule has 0 heterocycles. The highest BCUT2D eigenvalue weighted by Crippen LogP contribution is 2.51. The maximum Gasteiger partial charge on any atom is 0.255 e. The Kier molecular flexibility index (Phi) is 4.89. The molecule has 2 aromatic carbocycles. The van der Waals surface area contributed by atoms with E-state index in [0.29, 0.717) is 11.5 Å². The van der Waals surface area contributed by atoms with Crippen LogP contribution in [0.3, 0.4) is 0 Å². The van der Waals surface area contributed by atoms with Gasteiger partial charge in [-0.25, -0.2) is 0 Å². The monoisotopic (exact) mass is 316 g/mol. The molecule has 2 unspecified atom stereocenters. The molecule has 1 saturated carbocycles. The lowest BCUT2D eigenvalue weighted by molar-refractivity contribution is 0.102. The van der Waals surface area contributed by atoms with Gasteiger partial charge in [0.25, 0.3) is 5.91 Å². The number of hydrogen-bond donors (Lipinski definition) is 2. The third-order valence-electron chi connectivity index (χ3n) is 4.36. The Morgan fingerprint density at radius 3 is 2.59 bits per heavy atom. The summed E-state index contributed by atoms with van der Waals surface area (Å²) in [5, 5.41) is 2.95. The third kappa shape index (κ3) is 3.32. The second-order valence-corrected chi connectivity index (χ2v) is 5.79. The van der Waals surface area contributed by atoms with Crippen LogP contribution < -0.4 is 11.1 Å². The van der Waals surface area contributed by atoms with Crippen molar-refractivity contribution in [3.8, 4) is 0 Å². The molecule has 1 aliphatic carbocycles. The van der Waals surface area contributed by atoms with Gasteiger partial charge in [0.2, 0.25) is 0 Å². The van der Waals surface area contributed by atoms with E-state index >= 15 is 0 Å². The summed E-state index contributed by atoms with van der Waals surface area (Å²) in [6.45, 7) is 2.13. The first-order chi connectivity index (χ1) is 10.1. The van der Waals surface area contributed by atoms with E-state index in [9.17, 15) is 4.79 Å². The molecule has 4 heteroatoms. The average molecular weight is 317 g/mol. The second-order valence-electron chi connectivity index (χ2n) is 5.79. The highest BCUT2D eigenvalue weighted by molar-refractivity contribution is 6.04. The highest BCUT2D eigenvalue weighted by atomic mass is 35.5. The first-order valence-corrected chi connectivity index (χ1v) is 7.37. The summed E-state index contributed by atoms with van der Waals surface area (Å²) in [6, 6.07) is 17.3. The van der Waals surface area contributed by atoms with Gasteiger partial charge in [0.05, 0.1) is 0 Å². The molecule has 0 bridgehead atoms. The lowest BCUT2D eigenvalue weighted by Gasteiger charge is -2.10. The summed E-state index contributed by atoms with van der Waals surface area (Å²) in [6.07, 6.45) is 2.01. The summed E-state index contributed by atoms with van der Waals surface area (Å²) in [7, 11) is 0. The molecule has 0 radical (unpaired) electrons. The summed E-state index contributed by atoms with van der Waals surface area (Å²) in [4.78, 5) is 12.2. The van der Waals surface area contributed by atoms with Gasteiger partial charge in [-0.3, -0.25) is 4.79 Å². The number of carbonyl (C=O) groups is 1. The quantitative estimate of drug-likeness (QED) is 0.897. The summed E-state index contributed by atoms with van der Waals surface area (Å²) in [5.74, 6) is 0.328. The summed E-state index contributed by atoms with van der Waals surface area (Å²) < 4.78 is 0. The van der Waals surface area contributed by atoms with Crippen molar-refractivity contribution in [1.29, 1.82) is 0 Å². The number of amides is 1. The van der Waals surface area contributed by atoms with Crippen LogP contribution in [0.1, 0.15) is 41.6 Å². The maximum absolute atomic E-state index is 12.2. The minimum atomic E-state index is -0.0851. The van der Waals surface area contributed by atoms with Crippen molar-refractivity contribution in [2.24, 2.45) is 5.73 Å². The van der Waals surface area contributed by atoms with Gasteiger partial charge < -0.3 is 11.1 Å². The van der Waals surface area contributed by atoms with Crippen molar-refractivity contribution >= 4 is 24.0 Å². The lowest BCUT2D eigenvalue weighted by Crippen LogP contribution is -2.22. The van der Waals surface area contributed by atoms with Crippen molar-refractivity contribution in [2.45, 2.75) is 31.2 Å². The number of anilines is 1. The number of rotatable bonds is 4. The molecule has 0 aromatic heterocycles. The van der Waals surface area contributed by atoms with E-state index in [1.807, 2.05) is 48.5 Å². The molecule has 1 aliphatic rings. The number of nitrogens with one attached hydrogen (secondary N) is 1. The van der Waals surface area contributed by atoms with Crippen molar-refractivity contribution in [1.82, 2.24) is 0 Å². The molecular formula is C18H21ClN2O. The van der Waals surface area contributed by atoms with Gasteiger partial charge in [0, 0.05) is 22.7 Å². The fourth-order valence-electron chi connectivity index (χ4n) is 2.79. The van der Waals surface area contributed by atoms with Crippen molar-refractivity contribution in [2.75, 3.05) is 5.32 Å². The Bertz CT molecular complexity index is 659. The zero-order valence-corrected chi connectivity index (χ0v) is 13.4. The van der Waals surface area contributed by atoms with Crippen LogP contribution in [-0.4, -0.2) is 11.4 Å². The van der Waals surface area contributed by atoms with Gasteiger partial charge in [0.15, 0.2) is 0 Å². The Hall–Kier alpha value is -1.84. The van der Waals surface area contributed by atoms with E-state index in [1.54, 1.807) is 0 Å². The van der Waals surface area contributed by atoms with Crippen LogP contribution in [0.5, 0.6) is 0 Å². The first kappa shape index (κ1) is 16.5. The molecule has 116 valence electrons. The van der Waals surface area contributed by atoms with Crippen LogP contribution in [0.15, 0.2) is 54.6 Å². The van der Waals surface area contributed by atoms with Gasteiger partial charge in [-0.05, 0) is 42.7 Å². The molecule has 0 aliphatic heterocycles. The first-order valence-electron chi connectivity index (χ1n) is 7.37. The topological polar surface area (TPSA) is 55.1 Å². The van der Waals surface area contributed by atoms with Gasteiger partial charge >= 0.3 is 0 Å². The van der Waals surface area contributed by atoms with Crippen LogP contribution in [0.4, 0.5) is 5.69 Å². The molecule has 3 nitrogen and oxygen atoms in total. The van der Waals surface area contributed by atoms with E-state index < -0.39 is 0 Å². The number of benzene rings is 2. The lowest BCUT2D eigenvalue weighted by atomic mass is 10.0. The Morgan fingerprint density at radius 2 is 1.95 bits per heavy atom.